The van der Waals surface area contributed by atoms with Crippen LogP contribution in [0.4, 0.5) is 0 Å². The maximum atomic E-state index is 12.5. The van der Waals surface area contributed by atoms with Crippen molar-refractivity contribution in [1.82, 2.24) is 10.2 Å². The van der Waals surface area contributed by atoms with Crippen molar-refractivity contribution in [3.63, 3.8) is 0 Å². The van der Waals surface area contributed by atoms with Gasteiger partial charge in [-0.15, -0.1) is 0 Å². The SMILES string of the molecule is CCOc1cc(C(=O)NCC(=O)N2CCCC2)cc(OCC)c1OCC. The monoisotopic (exact) mass is 364 g/mol. The van der Waals surface area contributed by atoms with Gasteiger partial charge in [-0.05, 0) is 45.7 Å². The molecule has 0 unspecified atom stereocenters. The van der Waals surface area contributed by atoms with Crippen LogP contribution in [0.1, 0.15) is 44.0 Å². The normalized spacial score (nSPS) is 13.4. The molecule has 7 nitrogen and oxygen atoms in total. The summed E-state index contributed by atoms with van der Waals surface area (Å²) in [5.74, 6) is 0.993. The number of hydrogen-bond acceptors (Lipinski definition) is 5. The van der Waals surface area contributed by atoms with Crippen LogP contribution in [0.2, 0.25) is 0 Å². The second-order valence-electron chi connectivity index (χ2n) is 5.87. The number of carbonyl (C=O) groups is 2. The van der Waals surface area contributed by atoms with E-state index in [9.17, 15) is 9.59 Å². The van der Waals surface area contributed by atoms with Crippen LogP contribution in [0.5, 0.6) is 17.2 Å². The van der Waals surface area contributed by atoms with E-state index >= 15 is 0 Å². The molecule has 1 N–H and O–H groups in total. The molecule has 1 aromatic carbocycles. The van der Waals surface area contributed by atoms with Gasteiger partial charge in [0.25, 0.3) is 5.91 Å². The largest absolute Gasteiger partial charge is 0.490 e. The van der Waals surface area contributed by atoms with Crippen molar-refractivity contribution in [3.05, 3.63) is 17.7 Å². The molecule has 144 valence electrons. The molecule has 0 radical (unpaired) electrons. The highest BCUT2D eigenvalue weighted by molar-refractivity contribution is 5.97. The molecule has 0 atom stereocenters. The fourth-order valence-corrected chi connectivity index (χ4v) is 2.86. The van der Waals surface area contributed by atoms with Crippen LogP contribution in [0.25, 0.3) is 0 Å². The Bertz CT molecular complexity index is 599. The number of nitrogens with one attached hydrogen (secondary N) is 1. The van der Waals surface area contributed by atoms with Gasteiger partial charge in [-0.2, -0.15) is 0 Å². The van der Waals surface area contributed by atoms with Crippen LogP contribution in [-0.4, -0.2) is 56.2 Å². The van der Waals surface area contributed by atoms with Crippen LogP contribution in [-0.2, 0) is 4.79 Å². The molecule has 1 fully saturated rings. The number of benzene rings is 1. The first-order chi connectivity index (χ1) is 12.6. The van der Waals surface area contributed by atoms with Crippen molar-refractivity contribution in [2.75, 3.05) is 39.5 Å². The number of nitrogens with zero attached hydrogens (tertiary/aromatic N) is 1. The Morgan fingerprint density at radius 3 is 2.00 bits per heavy atom. The zero-order chi connectivity index (χ0) is 18.9. The zero-order valence-corrected chi connectivity index (χ0v) is 15.8. The van der Waals surface area contributed by atoms with Gasteiger partial charge in [0.1, 0.15) is 0 Å². The average Bonchev–Trinajstić information content (AvgIpc) is 3.17. The van der Waals surface area contributed by atoms with Gasteiger partial charge in [0, 0.05) is 18.7 Å². The van der Waals surface area contributed by atoms with Gasteiger partial charge in [-0.3, -0.25) is 9.59 Å². The molecule has 0 spiro atoms. The maximum Gasteiger partial charge on any atom is 0.251 e. The first-order valence-corrected chi connectivity index (χ1v) is 9.23. The van der Waals surface area contributed by atoms with E-state index in [0.29, 0.717) is 42.6 Å². The summed E-state index contributed by atoms with van der Waals surface area (Å²) in [4.78, 5) is 26.4. The Balaban J connectivity index is 2.15. The third-order valence-electron chi connectivity index (χ3n) is 4.03. The minimum absolute atomic E-state index is 0.0139. The van der Waals surface area contributed by atoms with E-state index in [4.69, 9.17) is 14.2 Å². The molecule has 1 saturated heterocycles. The average molecular weight is 364 g/mol. The molecule has 0 aromatic heterocycles. The summed E-state index contributed by atoms with van der Waals surface area (Å²) < 4.78 is 16.9. The summed E-state index contributed by atoms with van der Waals surface area (Å²) in [6.45, 7) is 8.43. The van der Waals surface area contributed by atoms with Crippen LogP contribution in [0.3, 0.4) is 0 Å². The lowest BCUT2D eigenvalue weighted by atomic mass is 10.1. The highest BCUT2D eigenvalue weighted by Gasteiger charge is 2.21. The summed E-state index contributed by atoms with van der Waals surface area (Å²) in [7, 11) is 0. The van der Waals surface area contributed by atoms with Gasteiger partial charge >= 0.3 is 0 Å². The number of likely N-dealkylation sites (tertiary alicyclic amines) is 1. The number of hydrogen-bond donors (Lipinski definition) is 1. The zero-order valence-electron chi connectivity index (χ0n) is 15.8. The van der Waals surface area contributed by atoms with E-state index in [-0.39, 0.29) is 18.4 Å². The van der Waals surface area contributed by atoms with Crippen molar-refractivity contribution in [1.29, 1.82) is 0 Å². The fourth-order valence-electron chi connectivity index (χ4n) is 2.86. The predicted octanol–water partition coefficient (Wildman–Crippen LogP) is 2.23. The number of carbonyl (C=O) groups excluding carboxylic acids is 2. The lowest BCUT2D eigenvalue weighted by Crippen LogP contribution is -2.38. The Morgan fingerprint density at radius 1 is 0.962 bits per heavy atom. The van der Waals surface area contributed by atoms with Crippen LogP contribution < -0.4 is 19.5 Å². The molecule has 26 heavy (non-hydrogen) atoms. The molecule has 1 heterocycles. The van der Waals surface area contributed by atoms with E-state index in [1.807, 2.05) is 20.8 Å². The van der Waals surface area contributed by atoms with Crippen molar-refractivity contribution in [3.8, 4) is 17.2 Å². The maximum absolute atomic E-state index is 12.5. The minimum atomic E-state index is -0.345. The third-order valence-corrected chi connectivity index (χ3v) is 4.03. The molecule has 1 aliphatic heterocycles. The number of rotatable bonds is 9. The van der Waals surface area contributed by atoms with Gasteiger partial charge in [-0.25, -0.2) is 0 Å². The summed E-state index contributed by atoms with van der Waals surface area (Å²) in [5.41, 5.74) is 0.370. The van der Waals surface area contributed by atoms with Gasteiger partial charge in [0.05, 0.1) is 26.4 Å². The number of ether oxygens (including phenoxy) is 3. The van der Waals surface area contributed by atoms with E-state index in [1.54, 1.807) is 17.0 Å². The van der Waals surface area contributed by atoms with Crippen LogP contribution >= 0.6 is 0 Å². The Labute approximate surface area is 154 Å². The second kappa shape index (κ2) is 9.89. The predicted molar refractivity (Wildman–Crippen MR) is 98.1 cm³/mol. The van der Waals surface area contributed by atoms with E-state index in [1.165, 1.54) is 0 Å². The van der Waals surface area contributed by atoms with Crippen LogP contribution in [0.15, 0.2) is 12.1 Å². The Hall–Kier alpha value is -2.44. The summed E-state index contributed by atoms with van der Waals surface area (Å²) in [6.07, 6.45) is 2.04. The third kappa shape index (κ3) is 5.03. The topological polar surface area (TPSA) is 77.1 Å². The summed E-state index contributed by atoms with van der Waals surface area (Å²) in [5, 5.41) is 2.68. The summed E-state index contributed by atoms with van der Waals surface area (Å²) >= 11 is 0. The van der Waals surface area contributed by atoms with Gasteiger partial charge in [-0.1, -0.05) is 0 Å². The molecule has 7 heteroatoms. The van der Waals surface area contributed by atoms with E-state index in [0.717, 1.165) is 25.9 Å². The molecule has 0 aliphatic carbocycles. The Morgan fingerprint density at radius 2 is 1.50 bits per heavy atom. The smallest absolute Gasteiger partial charge is 0.251 e. The van der Waals surface area contributed by atoms with Gasteiger partial charge in [0.15, 0.2) is 11.5 Å². The fraction of sp³-hybridized carbons (Fsp3) is 0.579. The van der Waals surface area contributed by atoms with Crippen molar-refractivity contribution >= 4 is 11.8 Å². The molecular weight excluding hydrogens is 336 g/mol. The summed E-state index contributed by atoms with van der Waals surface area (Å²) in [6, 6.07) is 3.24. The molecule has 2 rings (SSSR count). The van der Waals surface area contributed by atoms with E-state index in [2.05, 4.69) is 5.32 Å². The molecule has 1 aromatic rings. The van der Waals surface area contributed by atoms with Crippen molar-refractivity contribution in [2.45, 2.75) is 33.6 Å². The molecular formula is C19H28N2O5. The van der Waals surface area contributed by atoms with E-state index < -0.39 is 0 Å². The van der Waals surface area contributed by atoms with Crippen LogP contribution in [0, 0.1) is 0 Å². The molecule has 1 aliphatic rings. The second-order valence-corrected chi connectivity index (χ2v) is 5.87. The van der Waals surface area contributed by atoms with Gasteiger partial charge in [0.2, 0.25) is 11.7 Å². The minimum Gasteiger partial charge on any atom is -0.490 e. The lowest BCUT2D eigenvalue weighted by Gasteiger charge is -2.18. The Kier molecular flexibility index (Phi) is 7.56. The molecule has 2 amide bonds. The standard InChI is InChI=1S/C19H28N2O5/c1-4-24-15-11-14(12-16(25-5-2)18(15)26-6-3)19(23)20-13-17(22)21-9-7-8-10-21/h11-12H,4-10,13H2,1-3H3,(H,20,23). The first-order valence-electron chi connectivity index (χ1n) is 9.23. The highest BCUT2D eigenvalue weighted by atomic mass is 16.5. The number of amides is 2. The quantitative estimate of drug-likeness (QED) is 0.727. The molecule has 0 saturated carbocycles. The highest BCUT2D eigenvalue weighted by Crippen LogP contribution is 2.39. The first kappa shape index (κ1) is 19.9. The molecule has 0 bridgehead atoms. The van der Waals surface area contributed by atoms with Crippen molar-refractivity contribution < 1.29 is 23.8 Å². The van der Waals surface area contributed by atoms with Gasteiger partial charge < -0.3 is 24.4 Å². The lowest BCUT2D eigenvalue weighted by molar-refractivity contribution is -0.129. The van der Waals surface area contributed by atoms with Crippen molar-refractivity contribution in [2.24, 2.45) is 0 Å².